The van der Waals surface area contributed by atoms with Crippen LogP contribution in [0.25, 0.3) is 0 Å². The van der Waals surface area contributed by atoms with Crippen molar-refractivity contribution in [1.82, 2.24) is 10.6 Å². The van der Waals surface area contributed by atoms with Gasteiger partial charge in [0.25, 0.3) is 0 Å². The number of carbonyl (C=O) groups excluding carboxylic acids is 1. The monoisotopic (exact) mass is 445 g/mol. The van der Waals surface area contributed by atoms with E-state index in [0.717, 1.165) is 18.6 Å². The number of rotatable bonds is 8. The van der Waals surface area contributed by atoms with Crippen molar-refractivity contribution in [3.63, 3.8) is 0 Å². The average Bonchev–Trinajstić information content (AvgIpc) is 3.27. The van der Waals surface area contributed by atoms with Gasteiger partial charge >= 0.3 is 12.0 Å². The van der Waals surface area contributed by atoms with Crippen molar-refractivity contribution >= 4 is 23.8 Å². The second-order valence-corrected chi connectivity index (χ2v) is 7.11. The fourth-order valence-corrected chi connectivity index (χ4v) is 3.85. The lowest BCUT2D eigenvalue weighted by Crippen LogP contribution is -2.37. The van der Waals surface area contributed by atoms with Gasteiger partial charge in [-0.3, -0.25) is 4.79 Å². The first-order valence-corrected chi connectivity index (χ1v) is 10.2. The molecule has 2 saturated heterocycles. The predicted molar refractivity (Wildman–Crippen MR) is 107 cm³/mol. The summed E-state index contributed by atoms with van der Waals surface area (Å²) in [6.07, 6.45) is 2.17. The summed E-state index contributed by atoms with van der Waals surface area (Å²) in [4.78, 5) is 21.7. The minimum absolute atomic E-state index is 0.0902. The lowest BCUT2D eigenvalue weighted by Gasteiger charge is -2.16. The van der Waals surface area contributed by atoms with Crippen molar-refractivity contribution in [2.24, 2.45) is 5.73 Å². The van der Waals surface area contributed by atoms with Crippen LogP contribution in [0.3, 0.4) is 0 Å². The molecule has 0 radical (unpaired) electrons. The van der Waals surface area contributed by atoms with Crippen LogP contribution in [0.4, 0.5) is 4.79 Å². The number of fused-ring (bicyclic) bond motifs is 1. The average molecular weight is 446 g/mol. The van der Waals surface area contributed by atoms with Crippen molar-refractivity contribution in [2.45, 2.75) is 42.6 Å². The number of hydrogen-bond donors (Lipinski definition) is 10. The number of nitrogens with one attached hydrogen (secondary N) is 2. The van der Waals surface area contributed by atoms with Crippen LogP contribution in [-0.4, -0.2) is 117 Å². The summed E-state index contributed by atoms with van der Waals surface area (Å²) in [5.41, 5.74) is 5.44. The van der Waals surface area contributed by atoms with Crippen LogP contribution in [0.2, 0.25) is 0 Å². The number of amides is 2. The quantitative estimate of drug-likeness (QED) is 0.166. The molecule has 0 spiro atoms. The summed E-state index contributed by atoms with van der Waals surface area (Å²) in [6, 6.07) is -0.444. The van der Waals surface area contributed by atoms with Gasteiger partial charge in [0.2, 0.25) is 0 Å². The van der Waals surface area contributed by atoms with E-state index < -0.39 is 12.0 Å². The highest BCUT2D eigenvalue weighted by Gasteiger charge is 2.42. The molecular weight excluding hydrogens is 410 g/mol. The molecule has 2 aliphatic rings. The lowest BCUT2D eigenvalue weighted by molar-refractivity contribution is -0.138. The molecule has 13 heteroatoms. The van der Waals surface area contributed by atoms with Gasteiger partial charge in [-0.25, -0.2) is 4.79 Å². The molecule has 1 unspecified atom stereocenters. The van der Waals surface area contributed by atoms with Gasteiger partial charge in [-0.2, -0.15) is 11.8 Å². The highest BCUT2D eigenvalue weighted by Crippen LogP contribution is 2.33. The first-order chi connectivity index (χ1) is 13.8. The van der Waals surface area contributed by atoms with Gasteiger partial charge in [-0.1, -0.05) is 6.42 Å². The molecule has 174 valence electrons. The molecular formula is C16H35N3O9S. The molecule has 0 aromatic carbocycles. The number of carboxylic acids is 1. The molecule has 2 aliphatic heterocycles. The van der Waals surface area contributed by atoms with Crippen LogP contribution >= 0.6 is 11.8 Å². The summed E-state index contributed by atoms with van der Waals surface area (Å²) < 4.78 is 0. The molecule has 2 heterocycles. The number of aliphatic hydroxyl groups excluding tert-OH is 6. The summed E-state index contributed by atoms with van der Waals surface area (Å²) >= 11 is 1.83. The second kappa shape index (κ2) is 20.1. The SMILES string of the molecule is NC(CCC[C@@H]1SC[C@@H]2NC(=O)N[C@@H]21)C(=O)O.OCCO.OCCO.OCCO. The van der Waals surface area contributed by atoms with E-state index in [1.54, 1.807) is 0 Å². The van der Waals surface area contributed by atoms with Gasteiger partial charge in [0, 0.05) is 11.0 Å². The number of aliphatic carboxylic acids is 1. The van der Waals surface area contributed by atoms with Crippen molar-refractivity contribution < 1.29 is 45.3 Å². The minimum atomic E-state index is -0.946. The molecule has 11 N–H and O–H groups in total. The molecule has 2 rings (SSSR count). The largest absolute Gasteiger partial charge is 0.480 e. The maximum absolute atomic E-state index is 11.1. The van der Waals surface area contributed by atoms with E-state index in [9.17, 15) is 9.59 Å². The fourth-order valence-electron chi connectivity index (χ4n) is 2.31. The number of aliphatic hydroxyl groups is 6. The third-order valence-electron chi connectivity index (χ3n) is 3.56. The van der Waals surface area contributed by atoms with Gasteiger partial charge in [-0.15, -0.1) is 0 Å². The number of thioether (sulfide) groups is 1. The number of nitrogens with two attached hydrogens (primary N) is 1. The number of carbonyl (C=O) groups is 2. The molecule has 0 bridgehead atoms. The van der Waals surface area contributed by atoms with Crippen LogP contribution in [0.1, 0.15) is 19.3 Å². The summed E-state index contributed by atoms with van der Waals surface area (Å²) in [5, 5.41) is 60.6. The van der Waals surface area contributed by atoms with Gasteiger partial charge < -0.3 is 52.1 Å². The summed E-state index contributed by atoms with van der Waals surface area (Å²) in [6.45, 7) is -0.750. The smallest absolute Gasteiger partial charge is 0.320 e. The Labute approximate surface area is 174 Å². The molecule has 0 saturated carbocycles. The Morgan fingerprint density at radius 1 is 1.00 bits per heavy atom. The normalized spacial score (nSPS) is 22.3. The third-order valence-corrected chi connectivity index (χ3v) is 5.07. The van der Waals surface area contributed by atoms with E-state index in [0.29, 0.717) is 11.7 Å². The zero-order chi connectivity index (χ0) is 22.7. The Balaban J connectivity index is 0. The minimum Gasteiger partial charge on any atom is -0.480 e. The molecule has 2 fully saturated rings. The van der Waals surface area contributed by atoms with Gasteiger partial charge in [0.05, 0.1) is 51.7 Å². The molecule has 0 aromatic rings. The Kier molecular flexibility index (Phi) is 20.8. The lowest BCUT2D eigenvalue weighted by atomic mass is 10.0. The summed E-state index contributed by atoms with van der Waals surface area (Å²) in [5.74, 6) is -0.0169. The highest BCUT2D eigenvalue weighted by molar-refractivity contribution is 8.00. The Bertz CT molecular complexity index is 406. The number of urea groups is 1. The van der Waals surface area contributed by atoms with E-state index in [4.69, 9.17) is 41.5 Å². The summed E-state index contributed by atoms with van der Waals surface area (Å²) in [7, 11) is 0. The van der Waals surface area contributed by atoms with E-state index in [1.165, 1.54) is 0 Å². The predicted octanol–water partition coefficient (Wildman–Crippen LogP) is -3.35. The maximum Gasteiger partial charge on any atom is 0.320 e. The second-order valence-electron chi connectivity index (χ2n) is 5.84. The molecule has 4 atom stereocenters. The molecule has 0 aromatic heterocycles. The van der Waals surface area contributed by atoms with E-state index in [1.807, 2.05) is 11.8 Å². The Hall–Kier alpha value is -1.19. The van der Waals surface area contributed by atoms with Crippen LogP contribution in [0.15, 0.2) is 0 Å². The van der Waals surface area contributed by atoms with Crippen molar-refractivity contribution in [2.75, 3.05) is 45.4 Å². The van der Waals surface area contributed by atoms with Gasteiger partial charge in [0.1, 0.15) is 6.04 Å². The van der Waals surface area contributed by atoms with E-state index >= 15 is 0 Å². The maximum atomic E-state index is 11.1. The number of carboxylic acid groups (broad SMARTS) is 1. The number of hydrogen-bond acceptors (Lipinski definition) is 10. The van der Waals surface area contributed by atoms with Crippen molar-refractivity contribution in [3.8, 4) is 0 Å². The molecule has 2 amide bonds. The zero-order valence-electron chi connectivity index (χ0n) is 16.3. The van der Waals surface area contributed by atoms with Crippen molar-refractivity contribution in [1.29, 1.82) is 0 Å². The van der Waals surface area contributed by atoms with Crippen LogP contribution in [-0.2, 0) is 4.79 Å². The third kappa shape index (κ3) is 15.3. The Morgan fingerprint density at radius 3 is 1.90 bits per heavy atom. The van der Waals surface area contributed by atoms with Gasteiger partial charge in [-0.05, 0) is 12.8 Å². The van der Waals surface area contributed by atoms with Crippen LogP contribution in [0.5, 0.6) is 0 Å². The van der Waals surface area contributed by atoms with E-state index in [2.05, 4.69) is 10.6 Å². The first-order valence-electron chi connectivity index (χ1n) is 9.14. The van der Waals surface area contributed by atoms with E-state index in [-0.39, 0.29) is 57.8 Å². The Morgan fingerprint density at radius 2 is 1.48 bits per heavy atom. The van der Waals surface area contributed by atoms with Crippen molar-refractivity contribution in [3.05, 3.63) is 0 Å². The fraction of sp³-hybridized carbons (Fsp3) is 0.875. The highest BCUT2D eigenvalue weighted by atomic mass is 32.2. The first kappa shape index (κ1) is 30.0. The standard InChI is InChI=1S/C10H17N3O3S.3C2H6O2/c11-5(9(14)15)2-1-3-7-8-6(4-17-7)12-10(16)13-8;3*3-1-2-4/h5-8H,1-4,11H2,(H,14,15)(H2,12,13,16);3*3-4H,1-2H2/t5?,6-,7-,8-;;;/m0.../s1. The molecule has 29 heavy (non-hydrogen) atoms. The topological polar surface area (TPSA) is 226 Å². The molecule has 0 aliphatic carbocycles. The van der Waals surface area contributed by atoms with Crippen LogP contribution < -0.4 is 16.4 Å². The zero-order valence-corrected chi connectivity index (χ0v) is 17.1. The van der Waals surface area contributed by atoms with Gasteiger partial charge in [0.15, 0.2) is 0 Å². The molecule has 12 nitrogen and oxygen atoms in total. The van der Waals surface area contributed by atoms with Crippen LogP contribution in [0, 0.1) is 0 Å².